The molecule has 0 radical (unpaired) electrons. The van der Waals surface area contributed by atoms with Crippen LogP contribution in [0.25, 0.3) is 0 Å². The highest BCUT2D eigenvalue weighted by molar-refractivity contribution is 7.89. The van der Waals surface area contributed by atoms with Gasteiger partial charge in [-0.05, 0) is 74.8 Å². The van der Waals surface area contributed by atoms with Crippen molar-refractivity contribution in [2.75, 3.05) is 13.1 Å². The summed E-state index contributed by atoms with van der Waals surface area (Å²) in [6, 6.07) is 6.12. The van der Waals surface area contributed by atoms with Crippen molar-refractivity contribution in [3.63, 3.8) is 0 Å². The van der Waals surface area contributed by atoms with Crippen LogP contribution >= 0.6 is 0 Å². The Balaban J connectivity index is 1.64. The summed E-state index contributed by atoms with van der Waals surface area (Å²) in [6.07, 6.45) is 5.42. The van der Waals surface area contributed by atoms with Crippen molar-refractivity contribution < 1.29 is 8.42 Å². The second-order valence-electron chi connectivity index (χ2n) is 6.39. The summed E-state index contributed by atoms with van der Waals surface area (Å²) in [5.41, 5.74) is 2.51. The summed E-state index contributed by atoms with van der Waals surface area (Å²) in [6.45, 7) is 3.60. The van der Waals surface area contributed by atoms with Crippen LogP contribution in [0.3, 0.4) is 0 Å². The molecule has 5 heteroatoms. The molecule has 2 N–H and O–H groups in total. The van der Waals surface area contributed by atoms with E-state index in [1.807, 2.05) is 12.1 Å². The minimum atomic E-state index is -3.37. The quantitative estimate of drug-likeness (QED) is 0.892. The highest BCUT2D eigenvalue weighted by Crippen LogP contribution is 2.24. The molecule has 1 aliphatic carbocycles. The van der Waals surface area contributed by atoms with Gasteiger partial charge in [-0.2, -0.15) is 0 Å². The molecule has 116 valence electrons. The molecule has 1 heterocycles. The van der Waals surface area contributed by atoms with Gasteiger partial charge in [0.1, 0.15) is 0 Å². The number of hydrogen-bond donors (Lipinski definition) is 2. The summed E-state index contributed by atoms with van der Waals surface area (Å²) in [7, 11) is -3.37. The molecule has 0 amide bonds. The molecular weight excluding hydrogens is 284 g/mol. The maximum absolute atomic E-state index is 12.4. The van der Waals surface area contributed by atoms with Crippen molar-refractivity contribution in [2.24, 2.45) is 5.92 Å². The molecule has 2 aliphatic rings. The van der Waals surface area contributed by atoms with Crippen molar-refractivity contribution >= 4 is 10.0 Å². The number of fused-ring (bicyclic) bond motifs is 1. The van der Waals surface area contributed by atoms with Gasteiger partial charge in [0.25, 0.3) is 0 Å². The fourth-order valence-corrected chi connectivity index (χ4v) is 4.42. The number of benzene rings is 1. The van der Waals surface area contributed by atoms with Crippen LogP contribution in [0.15, 0.2) is 23.1 Å². The molecule has 2 atom stereocenters. The second-order valence-corrected chi connectivity index (χ2v) is 8.16. The Labute approximate surface area is 127 Å². The molecule has 0 spiro atoms. The summed E-state index contributed by atoms with van der Waals surface area (Å²) >= 11 is 0. The predicted molar refractivity (Wildman–Crippen MR) is 83.8 cm³/mol. The van der Waals surface area contributed by atoms with Crippen molar-refractivity contribution in [3.8, 4) is 0 Å². The van der Waals surface area contributed by atoms with Crippen LogP contribution in [0.2, 0.25) is 0 Å². The minimum Gasteiger partial charge on any atom is -0.314 e. The molecule has 0 bridgehead atoms. The zero-order chi connectivity index (χ0) is 14.9. The van der Waals surface area contributed by atoms with Crippen LogP contribution in [0.4, 0.5) is 0 Å². The third-order valence-corrected chi connectivity index (χ3v) is 6.13. The molecule has 1 fully saturated rings. The largest absolute Gasteiger partial charge is 0.314 e. The molecule has 0 aromatic heterocycles. The summed E-state index contributed by atoms with van der Waals surface area (Å²) in [5.74, 6) is 0.394. The van der Waals surface area contributed by atoms with E-state index in [2.05, 4.69) is 17.0 Å². The standard InChI is InChI=1S/C16H24N2O2S/c1-12-5-6-13(10-17-12)11-18-21(19,20)16-8-7-14-3-2-4-15(14)9-16/h7-9,12-13,17-18H,2-6,10-11H2,1H3. The topological polar surface area (TPSA) is 58.2 Å². The van der Waals surface area contributed by atoms with Gasteiger partial charge in [0.2, 0.25) is 10.0 Å². The summed E-state index contributed by atoms with van der Waals surface area (Å²) in [5, 5.41) is 3.41. The first-order valence-electron chi connectivity index (χ1n) is 7.89. The van der Waals surface area contributed by atoms with Crippen molar-refractivity contribution in [2.45, 2.75) is 50.0 Å². The first-order valence-corrected chi connectivity index (χ1v) is 9.38. The maximum atomic E-state index is 12.4. The molecule has 1 aromatic rings. The Morgan fingerprint density at radius 2 is 2.05 bits per heavy atom. The molecule has 1 aliphatic heterocycles. The zero-order valence-corrected chi connectivity index (χ0v) is 13.4. The van der Waals surface area contributed by atoms with E-state index in [4.69, 9.17) is 0 Å². The van der Waals surface area contributed by atoms with Gasteiger partial charge in [0.05, 0.1) is 4.90 Å². The molecule has 21 heavy (non-hydrogen) atoms. The number of sulfonamides is 1. The minimum absolute atomic E-state index is 0.394. The zero-order valence-electron chi connectivity index (χ0n) is 12.6. The third-order valence-electron chi connectivity index (χ3n) is 4.71. The first-order chi connectivity index (χ1) is 10.0. The van der Waals surface area contributed by atoms with E-state index in [9.17, 15) is 8.42 Å². The molecule has 3 rings (SSSR count). The Morgan fingerprint density at radius 1 is 1.24 bits per heavy atom. The lowest BCUT2D eigenvalue weighted by Gasteiger charge is -2.27. The monoisotopic (exact) mass is 308 g/mol. The number of hydrogen-bond acceptors (Lipinski definition) is 3. The molecule has 4 nitrogen and oxygen atoms in total. The third kappa shape index (κ3) is 3.47. The lowest BCUT2D eigenvalue weighted by molar-refractivity contribution is 0.323. The molecular formula is C16H24N2O2S. The maximum Gasteiger partial charge on any atom is 0.240 e. The summed E-state index contributed by atoms with van der Waals surface area (Å²) in [4.78, 5) is 0.417. The molecule has 0 saturated carbocycles. The van der Waals surface area contributed by atoms with E-state index in [0.29, 0.717) is 23.4 Å². The Kier molecular flexibility index (Phi) is 4.33. The number of piperidine rings is 1. The van der Waals surface area contributed by atoms with Crippen LogP contribution in [0.1, 0.15) is 37.3 Å². The number of rotatable bonds is 4. The van der Waals surface area contributed by atoms with E-state index < -0.39 is 10.0 Å². The van der Waals surface area contributed by atoms with E-state index >= 15 is 0 Å². The van der Waals surface area contributed by atoms with Crippen LogP contribution in [-0.2, 0) is 22.9 Å². The fraction of sp³-hybridized carbons (Fsp3) is 0.625. The van der Waals surface area contributed by atoms with Gasteiger partial charge in [-0.15, -0.1) is 0 Å². The fourth-order valence-electron chi connectivity index (χ4n) is 3.26. The van der Waals surface area contributed by atoms with Gasteiger partial charge in [-0.3, -0.25) is 0 Å². The van der Waals surface area contributed by atoms with Gasteiger partial charge < -0.3 is 5.32 Å². The molecule has 2 unspecified atom stereocenters. The normalized spacial score (nSPS) is 25.8. The number of aryl methyl sites for hydroxylation is 2. The number of nitrogens with one attached hydrogen (secondary N) is 2. The lowest BCUT2D eigenvalue weighted by atomic mass is 9.96. The summed E-state index contributed by atoms with van der Waals surface area (Å²) < 4.78 is 27.6. The van der Waals surface area contributed by atoms with Crippen LogP contribution in [0.5, 0.6) is 0 Å². The Hall–Kier alpha value is -0.910. The van der Waals surface area contributed by atoms with Gasteiger partial charge >= 0.3 is 0 Å². The molecule has 1 aromatic carbocycles. The van der Waals surface area contributed by atoms with E-state index in [-0.39, 0.29) is 0 Å². The lowest BCUT2D eigenvalue weighted by Crippen LogP contribution is -2.41. The Morgan fingerprint density at radius 3 is 2.81 bits per heavy atom. The van der Waals surface area contributed by atoms with Gasteiger partial charge in [-0.25, -0.2) is 13.1 Å². The van der Waals surface area contributed by atoms with Gasteiger partial charge in [0.15, 0.2) is 0 Å². The van der Waals surface area contributed by atoms with E-state index in [1.165, 1.54) is 11.1 Å². The van der Waals surface area contributed by atoms with Crippen molar-refractivity contribution in [1.29, 1.82) is 0 Å². The second kappa shape index (κ2) is 6.07. The SMILES string of the molecule is CC1CCC(CNS(=O)(=O)c2ccc3c(c2)CCC3)CN1. The predicted octanol–water partition coefficient (Wildman–Crippen LogP) is 1.84. The highest BCUT2D eigenvalue weighted by Gasteiger charge is 2.22. The average Bonchev–Trinajstić information content (AvgIpc) is 2.94. The Bertz CT molecular complexity index is 605. The van der Waals surface area contributed by atoms with Crippen molar-refractivity contribution in [3.05, 3.63) is 29.3 Å². The van der Waals surface area contributed by atoms with E-state index in [0.717, 1.165) is 38.6 Å². The molecule has 1 saturated heterocycles. The first kappa shape index (κ1) is 15.0. The van der Waals surface area contributed by atoms with Crippen LogP contribution in [-0.4, -0.2) is 27.5 Å². The van der Waals surface area contributed by atoms with Gasteiger partial charge in [-0.1, -0.05) is 6.07 Å². The highest BCUT2D eigenvalue weighted by atomic mass is 32.2. The smallest absolute Gasteiger partial charge is 0.240 e. The van der Waals surface area contributed by atoms with E-state index in [1.54, 1.807) is 6.07 Å². The average molecular weight is 308 g/mol. The van der Waals surface area contributed by atoms with Gasteiger partial charge in [0, 0.05) is 12.6 Å². The van der Waals surface area contributed by atoms with Crippen LogP contribution in [0, 0.1) is 5.92 Å². The van der Waals surface area contributed by atoms with Crippen LogP contribution < -0.4 is 10.0 Å². The van der Waals surface area contributed by atoms with Crippen molar-refractivity contribution in [1.82, 2.24) is 10.0 Å².